The van der Waals surface area contributed by atoms with Gasteiger partial charge >= 0.3 is 5.97 Å². The number of carbonyl (C=O) groups excluding carboxylic acids is 2. The third-order valence-electron chi connectivity index (χ3n) is 6.38. The van der Waals surface area contributed by atoms with Gasteiger partial charge in [-0.15, -0.1) is 0 Å². The highest BCUT2D eigenvalue weighted by Crippen LogP contribution is 2.48. The number of esters is 1. The lowest BCUT2D eigenvalue weighted by molar-refractivity contribution is -0.151. The van der Waals surface area contributed by atoms with Crippen molar-refractivity contribution in [2.24, 2.45) is 11.3 Å². The first kappa shape index (κ1) is 25.8. The Balaban J connectivity index is 3.37. The smallest absolute Gasteiger partial charge is 0.317 e. The van der Waals surface area contributed by atoms with Crippen molar-refractivity contribution in [1.29, 1.82) is 10.5 Å². The lowest BCUT2D eigenvalue weighted by Crippen LogP contribution is -2.45. The van der Waals surface area contributed by atoms with Crippen LogP contribution in [-0.2, 0) is 18.8 Å². The number of methoxy groups -OCH3 is 1. The molecule has 0 aliphatic heterocycles. The van der Waals surface area contributed by atoms with E-state index >= 15 is 0 Å². The lowest BCUT2D eigenvalue weighted by Gasteiger charge is -2.39. The topological polar surface area (TPSA) is 100 Å². The van der Waals surface area contributed by atoms with E-state index in [2.05, 4.69) is 52.6 Å². The van der Waals surface area contributed by atoms with Gasteiger partial charge in [0, 0.05) is 17.6 Å². The van der Waals surface area contributed by atoms with E-state index in [-0.39, 0.29) is 47.1 Å². The Hall–Kier alpha value is -2.22. The van der Waals surface area contributed by atoms with E-state index in [9.17, 15) is 20.1 Å². The molecule has 6 nitrogen and oxygen atoms in total. The van der Waals surface area contributed by atoms with Crippen LogP contribution in [0.25, 0.3) is 0 Å². The number of allylic oxidation sites excluding steroid dienone is 1. The molecular weight excluding hydrogens is 396 g/mol. The van der Waals surface area contributed by atoms with Gasteiger partial charge in [0.15, 0.2) is 14.1 Å². The number of hydrogen-bond donors (Lipinski definition) is 0. The van der Waals surface area contributed by atoms with E-state index in [4.69, 9.17) is 9.16 Å². The Morgan fingerprint density at radius 3 is 2.27 bits per heavy atom. The zero-order valence-corrected chi connectivity index (χ0v) is 20.5. The molecule has 1 aliphatic rings. The predicted molar refractivity (Wildman–Crippen MR) is 118 cm³/mol. The van der Waals surface area contributed by atoms with E-state index < -0.39 is 25.8 Å². The van der Waals surface area contributed by atoms with Gasteiger partial charge in [0.2, 0.25) is 0 Å². The summed E-state index contributed by atoms with van der Waals surface area (Å²) in [6.45, 7) is 18.0. The zero-order chi connectivity index (χ0) is 23.5. The van der Waals surface area contributed by atoms with Gasteiger partial charge in [-0.05, 0) is 36.9 Å². The SMILES string of the molecule is C=C(C#N)C(CCC1(C(=O)OC)CC(=O)C(C(C)C)=C1C#N)O[Si](C)(C)C(C)(C)C. The van der Waals surface area contributed by atoms with Crippen LogP contribution in [-0.4, -0.2) is 33.3 Å². The first-order valence-corrected chi connectivity index (χ1v) is 13.1. The summed E-state index contributed by atoms with van der Waals surface area (Å²) in [5, 5.41) is 19.2. The Morgan fingerprint density at radius 2 is 1.87 bits per heavy atom. The fourth-order valence-corrected chi connectivity index (χ4v) is 4.93. The predicted octanol–water partition coefficient (Wildman–Crippen LogP) is 4.85. The van der Waals surface area contributed by atoms with Crippen LogP contribution in [0.1, 0.15) is 53.9 Å². The quantitative estimate of drug-likeness (QED) is 0.310. The third-order valence-corrected chi connectivity index (χ3v) is 10.9. The van der Waals surface area contributed by atoms with Crippen molar-refractivity contribution < 1.29 is 18.8 Å². The molecule has 164 valence electrons. The summed E-state index contributed by atoms with van der Waals surface area (Å²) >= 11 is 0. The minimum Gasteiger partial charge on any atom is -0.468 e. The Bertz CT molecular complexity index is 837. The largest absolute Gasteiger partial charge is 0.468 e. The molecule has 30 heavy (non-hydrogen) atoms. The Kier molecular flexibility index (Phi) is 7.99. The molecule has 7 heteroatoms. The zero-order valence-electron chi connectivity index (χ0n) is 19.5. The monoisotopic (exact) mass is 430 g/mol. The van der Waals surface area contributed by atoms with Gasteiger partial charge in [0.05, 0.1) is 30.9 Å². The van der Waals surface area contributed by atoms with Crippen LogP contribution in [0.3, 0.4) is 0 Å². The standard InChI is InChI=1S/C23H34N2O4Si/c1-15(2)20-17(14-25)23(12-18(20)26,21(27)28-7)11-10-19(16(3)13-24)29-30(8,9)22(4,5)6/h15,19H,3,10-12H2,1-2,4-9H3. The van der Waals surface area contributed by atoms with E-state index in [0.717, 1.165) is 0 Å². The van der Waals surface area contributed by atoms with E-state index in [0.29, 0.717) is 5.57 Å². The highest BCUT2D eigenvalue weighted by molar-refractivity contribution is 6.74. The van der Waals surface area contributed by atoms with Crippen LogP contribution in [0, 0.1) is 34.0 Å². The van der Waals surface area contributed by atoms with Crippen molar-refractivity contribution >= 4 is 20.1 Å². The van der Waals surface area contributed by atoms with Crippen LogP contribution in [0.5, 0.6) is 0 Å². The fraction of sp³-hybridized carbons (Fsp3) is 0.652. The van der Waals surface area contributed by atoms with Crippen molar-refractivity contribution in [3.8, 4) is 12.1 Å². The summed E-state index contributed by atoms with van der Waals surface area (Å²) in [6.07, 6.45) is -0.222. The second-order valence-electron chi connectivity index (χ2n) is 9.77. The summed E-state index contributed by atoms with van der Waals surface area (Å²) in [5.41, 5.74) is -0.493. The van der Waals surface area contributed by atoms with Crippen LogP contribution < -0.4 is 0 Å². The van der Waals surface area contributed by atoms with Gasteiger partial charge < -0.3 is 9.16 Å². The molecule has 0 aromatic rings. The van der Waals surface area contributed by atoms with Gasteiger partial charge in [0.1, 0.15) is 5.41 Å². The number of ketones is 1. The first-order valence-electron chi connectivity index (χ1n) is 10.2. The maximum atomic E-state index is 12.8. The van der Waals surface area contributed by atoms with Crippen LogP contribution >= 0.6 is 0 Å². The van der Waals surface area contributed by atoms with Gasteiger partial charge in [-0.2, -0.15) is 10.5 Å². The van der Waals surface area contributed by atoms with Crippen LogP contribution in [0.2, 0.25) is 18.1 Å². The fourth-order valence-electron chi connectivity index (χ4n) is 3.60. The molecule has 2 unspecified atom stereocenters. The number of nitrogens with zero attached hydrogens (tertiary/aromatic N) is 2. The van der Waals surface area contributed by atoms with Crippen LogP contribution in [0.15, 0.2) is 23.3 Å². The highest BCUT2D eigenvalue weighted by atomic mass is 28.4. The molecule has 0 amide bonds. The van der Waals surface area contributed by atoms with E-state index in [1.54, 1.807) is 0 Å². The summed E-state index contributed by atoms with van der Waals surface area (Å²) < 4.78 is 11.4. The van der Waals surface area contributed by atoms with Crippen LogP contribution in [0.4, 0.5) is 0 Å². The molecule has 0 fully saturated rings. The molecule has 0 saturated heterocycles. The minimum absolute atomic E-state index is 0.0765. The number of nitriles is 2. The molecular formula is C23H34N2O4Si. The second-order valence-corrected chi connectivity index (χ2v) is 14.5. The summed E-state index contributed by atoms with van der Waals surface area (Å²) in [4.78, 5) is 25.5. The number of Topliss-reactive ketones (excluding diaryl/α,β-unsaturated/α-hetero) is 1. The molecule has 1 rings (SSSR count). The van der Waals surface area contributed by atoms with E-state index in [1.165, 1.54) is 7.11 Å². The minimum atomic E-state index is -2.23. The molecule has 0 aromatic heterocycles. The first-order chi connectivity index (χ1) is 13.7. The molecule has 0 aromatic carbocycles. The number of carbonyl (C=O) groups is 2. The van der Waals surface area contributed by atoms with E-state index in [1.807, 2.05) is 13.8 Å². The maximum Gasteiger partial charge on any atom is 0.317 e. The van der Waals surface area contributed by atoms with Crippen molar-refractivity contribution in [3.63, 3.8) is 0 Å². The van der Waals surface area contributed by atoms with Gasteiger partial charge in [-0.25, -0.2) is 0 Å². The average molecular weight is 431 g/mol. The lowest BCUT2D eigenvalue weighted by atomic mass is 9.76. The van der Waals surface area contributed by atoms with Gasteiger partial charge in [0.25, 0.3) is 0 Å². The number of ether oxygens (including phenoxy) is 1. The van der Waals surface area contributed by atoms with Crippen molar-refractivity contribution in [3.05, 3.63) is 23.3 Å². The summed E-state index contributed by atoms with van der Waals surface area (Å²) in [5.74, 6) is -0.975. The number of hydrogen-bond acceptors (Lipinski definition) is 6. The third kappa shape index (κ3) is 4.91. The number of rotatable bonds is 8. The molecule has 0 heterocycles. The molecule has 2 atom stereocenters. The molecule has 0 bridgehead atoms. The Labute approximate surface area is 181 Å². The highest BCUT2D eigenvalue weighted by Gasteiger charge is 2.53. The van der Waals surface area contributed by atoms with Crippen molar-refractivity contribution in [1.82, 2.24) is 0 Å². The molecule has 0 N–H and O–H groups in total. The maximum absolute atomic E-state index is 12.8. The normalized spacial score (nSPS) is 20.7. The summed E-state index contributed by atoms with van der Waals surface area (Å²) in [7, 11) is -0.967. The molecule has 0 radical (unpaired) electrons. The average Bonchev–Trinajstić information content (AvgIpc) is 2.95. The van der Waals surface area contributed by atoms with Gasteiger partial charge in [-0.1, -0.05) is 41.2 Å². The summed E-state index contributed by atoms with van der Waals surface area (Å²) in [6, 6.07) is 4.18. The molecule has 0 saturated carbocycles. The van der Waals surface area contributed by atoms with Gasteiger partial charge in [-0.3, -0.25) is 9.59 Å². The second kappa shape index (κ2) is 9.28. The van der Waals surface area contributed by atoms with Crippen molar-refractivity contribution in [2.45, 2.75) is 78.1 Å². The molecule has 1 aliphatic carbocycles. The molecule has 0 spiro atoms. The Morgan fingerprint density at radius 1 is 1.30 bits per heavy atom. The van der Waals surface area contributed by atoms with Crippen molar-refractivity contribution in [2.75, 3.05) is 7.11 Å².